The van der Waals surface area contributed by atoms with E-state index in [4.69, 9.17) is 0 Å². The molecule has 0 aromatic heterocycles. The van der Waals surface area contributed by atoms with E-state index < -0.39 is 0 Å². The average Bonchev–Trinajstić information content (AvgIpc) is 2.39. The van der Waals surface area contributed by atoms with E-state index in [9.17, 15) is 0 Å². The Balaban J connectivity index is 2.15. The minimum absolute atomic E-state index is 0.605. The fourth-order valence-corrected chi connectivity index (χ4v) is 2.78. The van der Waals surface area contributed by atoms with Crippen molar-refractivity contribution < 1.29 is 0 Å². The molecular formula is C14H27N3S. The number of rotatable bonds is 6. The molecule has 0 spiro atoms. The van der Waals surface area contributed by atoms with Crippen LogP contribution in [0.5, 0.6) is 0 Å². The first-order valence-electron chi connectivity index (χ1n) is 6.92. The molecule has 1 aliphatic rings. The minimum Gasteiger partial charge on any atom is -0.356 e. The SMILES string of the molecule is C=CCSCCNC(=NC)NC1CCC(C)CC1. The highest BCUT2D eigenvalue weighted by atomic mass is 32.2. The second-order valence-corrected chi connectivity index (χ2v) is 6.11. The van der Waals surface area contributed by atoms with Crippen molar-refractivity contribution >= 4 is 17.7 Å². The van der Waals surface area contributed by atoms with E-state index in [2.05, 4.69) is 29.1 Å². The number of hydrogen-bond donors (Lipinski definition) is 2. The Morgan fingerprint density at radius 1 is 1.39 bits per heavy atom. The zero-order chi connectivity index (χ0) is 13.2. The highest BCUT2D eigenvalue weighted by Crippen LogP contribution is 2.23. The lowest BCUT2D eigenvalue weighted by Crippen LogP contribution is -2.45. The molecule has 0 aliphatic heterocycles. The van der Waals surface area contributed by atoms with Crippen molar-refractivity contribution in [2.45, 2.75) is 38.6 Å². The van der Waals surface area contributed by atoms with Crippen molar-refractivity contribution in [2.24, 2.45) is 10.9 Å². The van der Waals surface area contributed by atoms with E-state index in [0.29, 0.717) is 6.04 Å². The molecule has 0 aromatic rings. The van der Waals surface area contributed by atoms with Gasteiger partial charge in [0, 0.05) is 31.1 Å². The van der Waals surface area contributed by atoms with Crippen LogP contribution in [0.4, 0.5) is 0 Å². The van der Waals surface area contributed by atoms with Crippen LogP contribution in [0.2, 0.25) is 0 Å². The molecule has 0 atom stereocenters. The highest BCUT2D eigenvalue weighted by Gasteiger charge is 2.18. The predicted molar refractivity (Wildman–Crippen MR) is 83.4 cm³/mol. The van der Waals surface area contributed by atoms with E-state index in [1.54, 1.807) is 0 Å². The number of guanidine groups is 1. The Bertz CT molecular complexity index is 258. The van der Waals surface area contributed by atoms with Gasteiger partial charge in [-0.05, 0) is 31.6 Å². The lowest BCUT2D eigenvalue weighted by molar-refractivity contribution is 0.329. The van der Waals surface area contributed by atoms with Crippen LogP contribution in [0.15, 0.2) is 17.6 Å². The molecule has 104 valence electrons. The second kappa shape index (κ2) is 9.31. The summed E-state index contributed by atoms with van der Waals surface area (Å²) in [5.74, 6) is 3.96. The van der Waals surface area contributed by atoms with Gasteiger partial charge in [0.05, 0.1) is 0 Å². The topological polar surface area (TPSA) is 36.4 Å². The van der Waals surface area contributed by atoms with Gasteiger partial charge in [-0.1, -0.05) is 13.0 Å². The van der Waals surface area contributed by atoms with E-state index in [-0.39, 0.29) is 0 Å². The maximum atomic E-state index is 4.28. The minimum atomic E-state index is 0.605. The van der Waals surface area contributed by atoms with E-state index in [0.717, 1.165) is 29.9 Å². The Kier molecular flexibility index (Phi) is 7.98. The number of aliphatic imine (C=N–C) groups is 1. The molecule has 0 aromatic carbocycles. The van der Waals surface area contributed by atoms with Crippen molar-refractivity contribution in [3.63, 3.8) is 0 Å². The Morgan fingerprint density at radius 2 is 2.11 bits per heavy atom. The molecule has 0 unspecified atom stereocenters. The van der Waals surface area contributed by atoms with Crippen LogP contribution >= 0.6 is 11.8 Å². The van der Waals surface area contributed by atoms with Crippen LogP contribution < -0.4 is 10.6 Å². The third-order valence-corrected chi connectivity index (χ3v) is 4.32. The Hall–Kier alpha value is -0.640. The zero-order valence-corrected chi connectivity index (χ0v) is 12.6. The van der Waals surface area contributed by atoms with Gasteiger partial charge in [0.1, 0.15) is 0 Å². The number of nitrogens with one attached hydrogen (secondary N) is 2. The van der Waals surface area contributed by atoms with Crippen molar-refractivity contribution in [3.8, 4) is 0 Å². The molecule has 2 N–H and O–H groups in total. The van der Waals surface area contributed by atoms with Crippen LogP contribution in [0.1, 0.15) is 32.6 Å². The van der Waals surface area contributed by atoms with Gasteiger partial charge >= 0.3 is 0 Å². The van der Waals surface area contributed by atoms with Gasteiger partial charge < -0.3 is 10.6 Å². The summed E-state index contributed by atoms with van der Waals surface area (Å²) in [6, 6.07) is 0.605. The van der Waals surface area contributed by atoms with Crippen LogP contribution in [-0.4, -0.2) is 37.1 Å². The van der Waals surface area contributed by atoms with Gasteiger partial charge in [-0.3, -0.25) is 4.99 Å². The average molecular weight is 269 g/mol. The van der Waals surface area contributed by atoms with Gasteiger partial charge in [0.2, 0.25) is 0 Å². The lowest BCUT2D eigenvalue weighted by Gasteiger charge is -2.28. The van der Waals surface area contributed by atoms with Crippen molar-refractivity contribution in [3.05, 3.63) is 12.7 Å². The molecule has 4 heteroatoms. The number of nitrogens with zero attached hydrogens (tertiary/aromatic N) is 1. The van der Waals surface area contributed by atoms with Gasteiger partial charge in [0.15, 0.2) is 5.96 Å². The summed E-state index contributed by atoms with van der Waals surface area (Å²) in [6.07, 6.45) is 7.16. The standard InChI is InChI=1S/C14H27N3S/c1-4-10-18-11-9-16-14(15-3)17-13-7-5-12(2)6-8-13/h4,12-13H,1,5-11H2,2-3H3,(H2,15,16,17). The van der Waals surface area contributed by atoms with Gasteiger partial charge in [0.25, 0.3) is 0 Å². The molecule has 0 radical (unpaired) electrons. The van der Waals surface area contributed by atoms with E-state index in [1.165, 1.54) is 25.7 Å². The van der Waals surface area contributed by atoms with Crippen LogP contribution in [0, 0.1) is 5.92 Å². The summed E-state index contributed by atoms with van der Waals surface area (Å²) in [6.45, 7) is 7.02. The van der Waals surface area contributed by atoms with Crippen molar-refractivity contribution in [1.29, 1.82) is 0 Å². The maximum absolute atomic E-state index is 4.28. The zero-order valence-electron chi connectivity index (χ0n) is 11.7. The van der Waals surface area contributed by atoms with Crippen LogP contribution in [0.3, 0.4) is 0 Å². The van der Waals surface area contributed by atoms with Gasteiger partial charge in [-0.25, -0.2) is 0 Å². The summed E-state index contributed by atoms with van der Waals surface area (Å²) in [5.41, 5.74) is 0. The normalized spacial score (nSPS) is 24.7. The predicted octanol–water partition coefficient (Wildman–Crippen LogP) is 2.65. The summed E-state index contributed by atoms with van der Waals surface area (Å²) in [7, 11) is 1.84. The van der Waals surface area contributed by atoms with Crippen LogP contribution in [0.25, 0.3) is 0 Å². The molecule has 0 bridgehead atoms. The molecule has 0 heterocycles. The van der Waals surface area contributed by atoms with Crippen molar-refractivity contribution in [1.82, 2.24) is 10.6 Å². The summed E-state index contributed by atoms with van der Waals surface area (Å²) in [4.78, 5) is 4.28. The third-order valence-electron chi connectivity index (χ3n) is 3.35. The molecule has 1 aliphatic carbocycles. The van der Waals surface area contributed by atoms with Crippen molar-refractivity contribution in [2.75, 3.05) is 25.1 Å². The summed E-state index contributed by atoms with van der Waals surface area (Å²) >= 11 is 1.89. The monoisotopic (exact) mass is 269 g/mol. The molecule has 0 amide bonds. The summed E-state index contributed by atoms with van der Waals surface area (Å²) < 4.78 is 0. The first-order valence-corrected chi connectivity index (χ1v) is 8.07. The smallest absolute Gasteiger partial charge is 0.191 e. The van der Waals surface area contributed by atoms with Gasteiger partial charge in [-0.15, -0.1) is 6.58 Å². The maximum Gasteiger partial charge on any atom is 0.191 e. The lowest BCUT2D eigenvalue weighted by atomic mass is 9.87. The van der Waals surface area contributed by atoms with E-state index >= 15 is 0 Å². The molecule has 1 saturated carbocycles. The second-order valence-electron chi connectivity index (χ2n) is 4.96. The highest BCUT2D eigenvalue weighted by molar-refractivity contribution is 7.99. The first kappa shape index (κ1) is 15.4. The number of thioether (sulfide) groups is 1. The Morgan fingerprint density at radius 3 is 2.72 bits per heavy atom. The third kappa shape index (κ3) is 6.34. The fourth-order valence-electron chi connectivity index (χ4n) is 2.20. The molecule has 18 heavy (non-hydrogen) atoms. The molecule has 1 fully saturated rings. The first-order chi connectivity index (χ1) is 8.76. The summed E-state index contributed by atoms with van der Waals surface area (Å²) in [5, 5.41) is 6.90. The molecule has 1 rings (SSSR count). The fraction of sp³-hybridized carbons (Fsp3) is 0.786. The quantitative estimate of drug-likeness (QED) is 0.337. The number of hydrogen-bond acceptors (Lipinski definition) is 2. The Labute approximate surface area is 116 Å². The molecular weight excluding hydrogens is 242 g/mol. The largest absolute Gasteiger partial charge is 0.356 e. The molecule has 3 nitrogen and oxygen atoms in total. The van der Waals surface area contributed by atoms with E-state index in [1.807, 2.05) is 24.9 Å². The molecule has 0 saturated heterocycles. The van der Waals surface area contributed by atoms with Crippen LogP contribution in [-0.2, 0) is 0 Å². The van der Waals surface area contributed by atoms with Gasteiger partial charge in [-0.2, -0.15) is 11.8 Å².